The van der Waals surface area contributed by atoms with Gasteiger partial charge in [-0.3, -0.25) is 0 Å². The van der Waals surface area contributed by atoms with Crippen LogP contribution in [0.25, 0.3) is 17.1 Å². The molecule has 0 atom stereocenters. The van der Waals surface area contributed by atoms with Gasteiger partial charge in [-0.05, 0) is 41.1 Å². The molecule has 0 unspecified atom stereocenters. The van der Waals surface area contributed by atoms with Gasteiger partial charge in [0.15, 0.2) is 5.82 Å². The summed E-state index contributed by atoms with van der Waals surface area (Å²) in [4.78, 5) is 0. The summed E-state index contributed by atoms with van der Waals surface area (Å²) >= 11 is 5.69. The van der Waals surface area contributed by atoms with E-state index in [9.17, 15) is 4.39 Å². The molecular weight excluding hydrogens is 293 g/mol. The lowest BCUT2D eigenvalue weighted by molar-refractivity contribution is 0.625. The van der Waals surface area contributed by atoms with E-state index in [0.29, 0.717) is 22.8 Å². The Kier molecular flexibility index (Phi) is 3.31. The van der Waals surface area contributed by atoms with Crippen molar-refractivity contribution < 1.29 is 4.39 Å². The molecule has 0 amide bonds. The summed E-state index contributed by atoms with van der Waals surface area (Å²) in [6.45, 7) is 1.90. The number of halogens is 2. The Morgan fingerprint density at radius 3 is 2.81 bits per heavy atom. The predicted molar refractivity (Wildman–Crippen MR) is 78.7 cm³/mol. The summed E-state index contributed by atoms with van der Waals surface area (Å²) in [7, 11) is 0. The summed E-state index contributed by atoms with van der Waals surface area (Å²) in [5, 5.41) is 11.6. The van der Waals surface area contributed by atoms with Crippen LogP contribution in [0.3, 0.4) is 0 Å². The van der Waals surface area contributed by atoms with E-state index in [4.69, 9.17) is 17.3 Å². The monoisotopic (exact) mass is 303 g/mol. The number of hydrogen-bond donors (Lipinski definition) is 1. The minimum atomic E-state index is -0.534. The number of anilines is 1. The lowest BCUT2D eigenvalue weighted by atomic mass is 10.1. The molecule has 106 valence electrons. The molecule has 3 rings (SSSR count). The first-order valence-electron chi connectivity index (χ1n) is 6.17. The highest BCUT2D eigenvalue weighted by Gasteiger charge is 2.15. The second-order valence-corrected chi connectivity index (χ2v) is 4.96. The number of tetrazole rings is 1. The molecule has 3 aromatic rings. The number of aryl methyl sites for hydroxylation is 1. The van der Waals surface area contributed by atoms with Crippen LogP contribution >= 0.6 is 11.6 Å². The average Bonchev–Trinajstić information content (AvgIpc) is 2.94. The smallest absolute Gasteiger partial charge is 0.189 e. The summed E-state index contributed by atoms with van der Waals surface area (Å²) in [5.74, 6) is -0.0919. The lowest BCUT2D eigenvalue weighted by Crippen LogP contribution is -2.03. The van der Waals surface area contributed by atoms with Crippen molar-refractivity contribution >= 4 is 17.3 Å². The number of para-hydroxylation sites is 1. The van der Waals surface area contributed by atoms with Gasteiger partial charge in [0.25, 0.3) is 0 Å². The Balaban J connectivity index is 2.17. The fraction of sp³-hybridized carbons (Fsp3) is 0.0714. The molecule has 0 fully saturated rings. The number of hydrogen-bond acceptors (Lipinski definition) is 4. The van der Waals surface area contributed by atoms with Crippen LogP contribution in [0.1, 0.15) is 5.56 Å². The number of nitrogens with two attached hydrogens (primary N) is 1. The molecule has 2 aromatic carbocycles. The van der Waals surface area contributed by atoms with Gasteiger partial charge in [-0.15, -0.1) is 5.10 Å². The van der Waals surface area contributed by atoms with E-state index in [1.165, 1.54) is 16.8 Å². The van der Waals surface area contributed by atoms with Crippen LogP contribution < -0.4 is 5.73 Å². The highest BCUT2D eigenvalue weighted by Crippen LogP contribution is 2.28. The molecule has 7 heteroatoms. The van der Waals surface area contributed by atoms with Crippen LogP contribution in [0.2, 0.25) is 5.02 Å². The van der Waals surface area contributed by atoms with Gasteiger partial charge in [0, 0.05) is 17.3 Å². The van der Waals surface area contributed by atoms with Gasteiger partial charge < -0.3 is 5.73 Å². The van der Waals surface area contributed by atoms with Crippen LogP contribution in [0.15, 0.2) is 36.4 Å². The van der Waals surface area contributed by atoms with E-state index in [-0.39, 0.29) is 5.02 Å². The quantitative estimate of drug-likeness (QED) is 0.739. The SMILES string of the molecule is Cc1cccc(-c2nnnn2-c2ccc(Cl)c(F)c2)c1N. The number of nitrogen functional groups attached to an aromatic ring is 1. The van der Waals surface area contributed by atoms with Crippen molar-refractivity contribution in [2.75, 3.05) is 5.73 Å². The number of benzene rings is 2. The van der Waals surface area contributed by atoms with Crippen molar-refractivity contribution in [1.29, 1.82) is 0 Å². The van der Waals surface area contributed by atoms with Gasteiger partial charge in [0.2, 0.25) is 0 Å². The van der Waals surface area contributed by atoms with Crippen molar-refractivity contribution in [3.8, 4) is 17.1 Å². The normalized spacial score (nSPS) is 10.8. The standard InChI is InChI=1S/C14H11ClFN5/c1-8-3-2-4-10(13(8)17)14-18-19-20-21(14)9-5-6-11(15)12(16)7-9/h2-7H,17H2,1H3. The zero-order chi connectivity index (χ0) is 15.0. The summed E-state index contributed by atoms with van der Waals surface area (Å²) < 4.78 is 15.0. The van der Waals surface area contributed by atoms with E-state index >= 15 is 0 Å². The van der Waals surface area contributed by atoms with Crippen LogP contribution in [0.4, 0.5) is 10.1 Å². The molecule has 0 bridgehead atoms. The van der Waals surface area contributed by atoms with E-state index in [1.807, 2.05) is 25.1 Å². The predicted octanol–water partition coefficient (Wildman–Crippen LogP) is 3.01. The van der Waals surface area contributed by atoms with Crippen molar-refractivity contribution in [2.45, 2.75) is 6.92 Å². The molecule has 1 heterocycles. The van der Waals surface area contributed by atoms with Crippen LogP contribution in [-0.4, -0.2) is 20.2 Å². The maximum atomic E-state index is 13.6. The largest absolute Gasteiger partial charge is 0.398 e. The summed E-state index contributed by atoms with van der Waals surface area (Å²) in [6.07, 6.45) is 0. The topological polar surface area (TPSA) is 69.6 Å². The van der Waals surface area contributed by atoms with Gasteiger partial charge in [-0.2, -0.15) is 4.68 Å². The average molecular weight is 304 g/mol. The molecule has 0 saturated heterocycles. The Morgan fingerprint density at radius 1 is 1.24 bits per heavy atom. The van der Waals surface area contributed by atoms with Crippen LogP contribution in [-0.2, 0) is 0 Å². The van der Waals surface area contributed by atoms with Crippen molar-refractivity contribution in [3.05, 3.63) is 52.8 Å². The number of nitrogens with zero attached hydrogens (tertiary/aromatic N) is 4. The van der Waals surface area contributed by atoms with Gasteiger partial charge in [-0.25, -0.2) is 4.39 Å². The molecule has 0 saturated carbocycles. The van der Waals surface area contributed by atoms with E-state index in [1.54, 1.807) is 6.07 Å². The van der Waals surface area contributed by atoms with Crippen molar-refractivity contribution in [3.63, 3.8) is 0 Å². The molecule has 0 aliphatic rings. The maximum absolute atomic E-state index is 13.6. The fourth-order valence-electron chi connectivity index (χ4n) is 2.02. The number of rotatable bonds is 2. The molecular formula is C14H11ClFN5. The molecule has 0 radical (unpaired) electrons. The van der Waals surface area contributed by atoms with Gasteiger partial charge in [0.05, 0.1) is 10.7 Å². The van der Waals surface area contributed by atoms with Crippen LogP contribution in [0.5, 0.6) is 0 Å². The molecule has 2 N–H and O–H groups in total. The molecule has 0 aliphatic heterocycles. The van der Waals surface area contributed by atoms with E-state index in [0.717, 1.165) is 5.56 Å². The summed E-state index contributed by atoms with van der Waals surface area (Å²) in [5.41, 5.74) is 8.74. The van der Waals surface area contributed by atoms with E-state index < -0.39 is 5.82 Å². The fourth-order valence-corrected chi connectivity index (χ4v) is 2.14. The Bertz CT molecular complexity index is 815. The van der Waals surface area contributed by atoms with Crippen molar-refractivity contribution in [1.82, 2.24) is 20.2 Å². The maximum Gasteiger partial charge on any atom is 0.189 e. The first kappa shape index (κ1) is 13.5. The third-order valence-electron chi connectivity index (χ3n) is 3.18. The zero-order valence-corrected chi connectivity index (χ0v) is 11.8. The van der Waals surface area contributed by atoms with Gasteiger partial charge in [-0.1, -0.05) is 23.7 Å². The Morgan fingerprint density at radius 2 is 2.05 bits per heavy atom. The molecule has 5 nitrogen and oxygen atoms in total. The minimum absolute atomic E-state index is 0.0449. The molecule has 0 spiro atoms. The Hall–Kier alpha value is -2.47. The Labute approximate surface area is 125 Å². The summed E-state index contributed by atoms with van der Waals surface area (Å²) in [6, 6.07) is 9.94. The first-order chi connectivity index (χ1) is 10.1. The molecule has 0 aliphatic carbocycles. The zero-order valence-electron chi connectivity index (χ0n) is 11.1. The first-order valence-corrected chi connectivity index (χ1v) is 6.55. The highest BCUT2D eigenvalue weighted by atomic mass is 35.5. The second kappa shape index (κ2) is 5.14. The van der Waals surface area contributed by atoms with Gasteiger partial charge in [0.1, 0.15) is 5.82 Å². The number of aromatic nitrogens is 4. The molecule has 1 aromatic heterocycles. The minimum Gasteiger partial charge on any atom is -0.398 e. The second-order valence-electron chi connectivity index (χ2n) is 4.55. The van der Waals surface area contributed by atoms with Crippen LogP contribution in [0, 0.1) is 12.7 Å². The highest BCUT2D eigenvalue weighted by molar-refractivity contribution is 6.30. The van der Waals surface area contributed by atoms with E-state index in [2.05, 4.69) is 15.5 Å². The van der Waals surface area contributed by atoms with Gasteiger partial charge >= 0.3 is 0 Å². The third-order valence-corrected chi connectivity index (χ3v) is 3.49. The molecule has 21 heavy (non-hydrogen) atoms. The third kappa shape index (κ3) is 2.34. The lowest BCUT2D eigenvalue weighted by Gasteiger charge is -2.09. The van der Waals surface area contributed by atoms with Crippen molar-refractivity contribution in [2.24, 2.45) is 0 Å².